The number of ether oxygens (including phenoxy) is 2. The van der Waals surface area contributed by atoms with E-state index in [2.05, 4.69) is 15.9 Å². The van der Waals surface area contributed by atoms with Crippen LogP contribution in [0.2, 0.25) is 0 Å². The smallest absolute Gasteiger partial charge is 0.137 e. The van der Waals surface area contributed by atoms with Crippen LogP contribution < -0.4 is 9.47 Å². The van der Waals surface area contributed by atoms with Crippen LogP contribution in [0.25, 0.3) is 0 Å². The Morgan fingerprint density at radius 1 is 1.29 bits per heavy atom. The summed E-state index contributed by atoms with van der Waals surface area (Å²) >= 11 is 3.17. The molecule has 0 saturated heterocycles. The van der Waals surface area contributed by atoms with Crippen LogP contribution in [-0.2, 0) is 0 Å². The molecule has 0 amide bonds. The summed E-state index contributed by atoms with van der Waals surface area (Å²) in [6, 6.07) is 10.1. The summed E-state index contributed by atoms with van der Waals surface area (Å²) < 4.78 is 24.8. The normalized spacial score (nSPS) is 20.6. The molecule has 110 valence electrons. The lowest BCUT2D eigenvalue weighted by Crippen LogP contribution is -2.19. The van der Waals surface area contributed by atoms with Gasteiger partial charge in [0.1, 0.15) is 23.4 Å². The van der Waals surface area contributed by atoms with Crippen molar-refractivity contribution in [2.24, 2.45) is 0 Å². The minimum absolute atomic E-state index is 0.308. The zero-order valence-electron chi connectivity index (χ0n) is 11.3. The summed E-state index contributed by atoms with van der Waals surface area (Å²) in [5.74, 6) is 0.986. The van der Waals surface area contributed by atoms with Gasteiger partial charge in [0.15, 0.2) is 0 Å². The van der Waals surface area contributed by atoms with Crippen LogP contribution in [0.3, 0.4) is 0 Å². The molecule has 3 rings (SSSR count). The van der Waals surface area contributed by atoms with Crippen molar-refractivity contribution in [3.05, 3.63) is 57.8 Å². The molecule has 0 fully saturated rings. The highest BCUT2D eigenvalue weighted by atomic mass is 79.9. The van der Waals surface area contributed by atoms with Crippen LogP contribution in [0.4, 0.5) is 4.39 Å². The van der Waals surface area contributed by atoms with Crippen molar-refractivity contribution in [1.29, 1.82) is 0 Å². The second kappa shape index (κ2) is 5.66. The first-order valence-electron chi connectivity index (χ1n) is 6.56. The lowest BCUT2D eigenvalue weighted by molar-refractivity contribution is 0.0654. The first-order chi connectivity index (χ1) is 10.1. The van der Waals surface area contributed by atoms with Crippen molar-refractivity contribution in [3.63, 3.8) is 0 Å². The summed E-state index contributed by atoms with van der Waals surface area (Å²) in [4.78, 5) is 0. The maximum Gasteiger partial charge on any atom is 0.137 e. The number of benzene rings is 2. The molecular weight excluding hydrogens is 339 g/mol. The first-order valence-corrected chi connectivity index (χ1v) is 7.35. The average molecular weight is 353 g/mol. The second-order valence-electron chi connectivity index (χ2n) is 4.94. The van der Waals surface area contributed by atoms with Gasteiger partial charge in [0.25, 0.3) is 0 Å². The number of hydrogen-bond donors (Lipinski definition) is 1. The maximum absolute atomic E-state index is 13.3. The molecular formula is C16H14BrFO3. The second-order valence-corrected chi connectivity index (χ2v) is 5.79. The van der Waals surface area contributed by atoms with E-state index in [0.29, 0.717) is 28.0 Å². The molecule has 0 radical (unpaired) electrons. The summed E-state index contributed by atoms with van der Waals surface area (Å²) in [6.07, 6.45) is -0.534. The quantitative estimate of drug-likeness (QED) is 0.882. The molecule has 2 aromatic rings. The van der Waals surface area contributed by atoms with Gasteiger partial charge < -0.3 is 14.6 Å². The highest BCUT2D eigenvalue weighted by molar-refractivity contribution is 9.10. The van der Waals surface area contributed by atoms with Crippen LogP contribution in [0, 0.1) is 5.82 Å². The van der Waals surface area contributed by atoms with Crippen molar-refractivity contribution in [1.82, 2.24) is 0 Å². The Bertz CT molecular complexity index is 675. The van der Waals surface area contributed by atoms with Gasteiger partial charge in [-0.1, -0.05) is 6.07 Å². The Labute approximate surface area is 130 Å². The van der Waals surface area contributed by atoms with Gasteiger partial charge in [-0.25, -0.2) is 4.39 Å². The molecule has 0 spiro atoms. The Morgan fingerprint density at radius 3 is 2.81 bits per heavy atom. The molecule has 3 nitrogen and oxygen atoms in total. The molecule has 2 atom stereocenters. The van der Waals surface area contributed by atoms with E-state index in [1.807, 2.05) is 0 Å². The minimum atomic E-state index is -0.641. The van der Waals surface area contributed by atoms with E-state index in [9.17, 15) is 9.50 Å². The summed E-state index contributed by atoms with van der Waals surface area (Å²) in [6.45, 7) is 0. The Balaban J connectivity index is 1.92. The molecule has 1 aliphatic heterocycles. The maximum atomic E-state index is 13.3. The van der Waals surface area contributed by atoms with Gasteiger partial charge in [0.2, 0.25) is 0 Å². The van der Waals surface area contributed by atoms with Crippen LogP contribution in [-0.4, -0.2) is 12.2 Å². The van der Waals surface area contributed by atoms with Gasteiger partial charge in [-0.3, -0.25) is 0 Å². The molecule has 0 saturated carbocycles. The summed E-state index contributed by atoms with van der Waals surface area (Å²) in [7, 11) is 1.58. The van der Waals surface area contributed by atoms with E-state index in [1.165, 1.54) is 6.07 Å². The van der Waals surface area contributed by atoms with Crippen LogP contribution in [0.1, 0.15) is 29.8 Å². The van der Waals surface area contributed by atoms with E-state index in [4.69, 9.17) is 9.47 Å². The molecule has 0 aliphatic carbocycles. The molecule has 0 bridgehead atoms. The number of hydrogen-bond acceptors (Lipinski definition) is 3. The fourth-order valence-corrected chi connectivity index (χ4v) is 2.87. The van der Waals surface area contributed by atoms with Crippen LogP contribution >= 0.6 is 15.9 Å². The molecule has 1 N–H and O–H groups in total. The van der Waals surface area contributed by atoms with Crippen molar-refractivity contribution in [2.45, 2.75) is 18.6 Å². The summed E-state index contributed by atoms with van der Waals surface area (Å²) in [5, 5.41) is 10.3. The van der Waals surface area contributed by atoms with Gasteiger partial charge in [-0.15, -0.1) is 0 Å². The fraction of sp³-hybridized carbons (Fsp3) is 0.250. The van der Waals surface area contributed by atoms with Crippen molar-refractivity contribution in [2.75, 3.05) is 7.11 Å². The number of aliphatic hydroxyl groups is 1. The van der Waals surface area contributed by atoms with Gasteiger partial charge in [-0.2, -0.15) is 0 Å². The van der Waals surface area contributed by atoms with E-state index < -0.39 is 6.10 Å². The monoisotopic (exact) mass is 352 g/mol. The molecule has 1 heterocycles. The van der Waals surface area contributed by atoms with E-state index in [1.54, 1.807) is 37.4 Å². The largest absolute Gasteiger partial charge is 0.497 e. The summed E-state index contributed by atoms with van der Waals surface area (Å²) in [5.41, 5.74) is 1.54. The average Bonchev–Trinajstić information content (AvgIpc) is 2.49. The highest BCUT2D eigenvalue weighted by Crippen LogP contribution is 2.42. The molecule has 1 aliphatic rings. The number of methoxy groups -OCH3 is 1. The first kappa shape index (κ1) is 14.4. The number of aliphatic hydroxyl groups excluding tert-OH is 1. The number of rotatable bonds is 2. The third-order valence-electron chi connectivity index (χ3n) is 3.60. The van der Waals surface area contributed by atoms with Gasteiger partial charge >= 0.3 is 0 Å². The Kier molecular flexibility index (Phi) is 3.87. The molecule has 1 unspecified atom stereocenters. The Hall–Kier alpha value is -1.59. The van der Waals surface area contributed by atoms with Crippen molar-refractivity contribution >= 4 is 15.9 Å². The van der Waals surface area contributed by atoms with Crippen LogP contribution in [0.5, 0.6) is 11.5 Å². The van der Waals surface area contributed by atoms with Gasteiger partial charge in [0.05, 0.1) is 17.7 Å². The van der Waals surface area contributed by atoms with Crippen LogP contribution in [0.15, 0.2) is 40.9 Å². The fourth-order valence-electron chi connectivity index (χ4n) is 2.47. The third-order valence-corrected chi connectivity index (χ3v) is 4.21. The lowest BCUT2D eigenvalue weighted by atomic mass is 9.95. The van der Waals surface area contributed by atoms with E-state index in [-0.39, 0.29) is 11.9 Å². The Morgan fingerprint density at radius 2 is 2.10 bits per heavy atom. The predicted octanol–water partition coefficient (Wildman–Crippen LogP) is 4.15. The van der Waals surface area contributed by atoms with E-state index in [0.717, 1.165) is 5.56 Å². The standard InChI is InChI=1S/C16H14BrFO3/c1-20-10-3-5-15-11(7-10)14(19)8-16(21-15)9-2-4-13(18)12(17)6-9/h2-7,14,16,19H,8H2,1H3/t14-,16?/m1/s1. The molecule has 5 heteroatoms. The number of fused-ring (bicyclic) bond motifs is 1. The van der Waals surface area contributed by atoms with Crippen molar-refractivity contribution < 1.29 is 19.0 Å². The zero-order valence-corrected chi connectivity index (χ0v) is 12.9. The molecule has 2 aromatic carbocycles. The predicted molar refractivity (Wildman–Crippen MR) is 80.0 cm³/mol. The number of halogens is 2. The van der Waals surface area contributed by atoms with Crippen molar-refractivity contribution in [3.8, 4) is 11.5 Å². The lowest BCUT2D eigenvalue weighted by Gasteiger charge is -2.30. The SMILES string of the molecule is COc1ccc2c(c1)[C@H](O)CC(c1ccc(F)c(Br)c1)O2. The molecule has 21 heavy (non-hydrogen) atoms. The zero-order chi connectivity index (χ0) is 15.0. The topological polar surface area (TPSA) is 38.7 Å². The van der Waals surface area contributed by atoms with E-state index >= 15 is 0 Å². The van der Waals surface area contributed by atoms with Gasteiger partial charge in [0, 0.05) is 12.0 Å². The highest BCUT2D eigenvalue weighted by Gasteiger charge is 2.28. The third kappa shape index (κ3) is 2.76. The van der Waals surface area contributed by atoms with Gasteiger partial charge in [-0.05, 0) is 51.8 Å². The molecule has 0 aromatic heterocycles. The minimum Gasteiger partial charge on any atom is -0.497 e.